The number of fused-ring (bicyclic) bond motifs is 1. The largest absolute Gasteiger partial charge is 0.347 e. The Kier molecular flexibility index (Phi) is 6.07. The number of rotatable bonds is 7. The number of carbonyl (C=O) groups excluding carboxylic acids is 1. The molecule has 0 aliphatic heterocycles. The normalized spacial score (nSPS) is 11.9. The van der Waals surface area contributed by atoms with Crippen LogP contribution in [0.4, 0.5) is 5.69 Å². The summed E-state index contributed by atoms with van der Waals surface area (Å²) >= 11 is 5.80. The van der Waals surface area contributed by atoms with E-state index in [2.05, 4.69) is 16.8 Å². The number of hydrogen-bond acceptors (Lipinski definition) is 3. The maximum Gasteiger partial charge on any atom is 0.243 e. The van der Waals surface area contributed by atoms with Gasteiger partial charge in [-0.2, -0.15) is 4.31 Å². The summed E-state index contributed by atoms with van der Waals surface area (Å²) in [6.07, 6.45) is 3.06. The van der Waals surface area contributed by atoms with Gasteiger partial charge in [0.15, 0.2) is 0 Å². The summed E-state index contributed by atoms with van der Waals surface area (Å²) in [5.74, 6) is -0.410. The van der Waals surface area contributed by atoms with Gasteiger partial charge in [-0.1, -0.05) is 18.5 Å². The molecule has 6 nitrogen and oxygen atoms in total. The fraction of sp³-hybridized carbons (Fsp3) is 0.250. The van der Waals surface area contributed by atoms with Gasteiger partial charge in [0.2, 0.25) is 15.9 Å². The number of sulfonamides is 1. The van der Waals surface area contributed by atoms with Gasteiger partial charge in [0.1, 0.15) is 0 Å². The van der Waals surface area contributed by atoms with Crippen molar-refractivity contribution in [1.29, 1.82) is 0 Å². The maximum absolute atomic E-state index is 12.6. The Morgan fingerprint density at radius 2 is 1.86 bits per heavy atom. The van der Waals surface area contributed by atoms with Gasteiger partial charge < -0.3 is 9.88 Å². The van der Waals surface area contributed by atoms with Crippen LogP contribution in [0.15, 0.2) is 59.6 Å². The van der Waals surface area contributed by atoms with Crippen LogP contribution in [0.5, 0.6) is 0 Å². The lowest BCUT2D eigenvalue weighted by molar-refractivity contribution is -0.116. The van der Waals surface area contributed by atoms with Gasteiger partial charge in [-0.05, 0) is 55.0 Å². The number of aromatic nitrogens is 1. The molecular weight excluding hydrogens is 398 g/mol. The Labute approximate surface area is 169 Å². The second-order valence-corrected chi connectivity index (χ2v) is 9.03. The predicted octanol–water partition coefficient (Wildman–Crippen LogP) is 3.96. The second kappa shape index (κ2) is 8.34. The fourth-order valence-electron chi connectivity index (χ4n) is 2.99. The molecule has 0 saturated carbocycles. The fourth-order valence-corrected chi connectivity index (χ4v) is 4.24. The molecule has 0 spiro atoms. The highest BCUT2D eigenvalue weighted by Crippen LogP contribution is 2.21. The third-order valence-electron chi connectivity index (χ3n) is 4.41. The summed E-state index contributed by atoms with van der Waals surface area (Å²) in [5, 5.41) is 4.23. The highest BCUT2D eigenvalue weighted by molar-refractivity contribution is 7.89. The zero-order valence-corrected chi connectivity index (χ0v) is 17.3. The van der Waals surface area contributed by atoms with E-state index in [1.807, 2.05) is 30.5 Å². The Hall–Kier alpha value is -2.35. The van der Waals surface area contributed by atoms with E-state index in [0.29, 0.717) is 10.7 Å². The van der Waals surface area contributed by atoms with Crippen LogP contribution in [0.2, 0.25) is 5.02 Å². The van der Waals surface area contributed by atoms with Crippen LogP contribution in [-0.2, 0) is 21.4 Å². The van der Waals surface area contributed by atoms with E-state index in [1.54, 1.807) is 0 Å². The molecule has 8 heteroatoms. The van der Waals surface area contributed by atoms with Crippen molar-refractivity contribution in [3.63, 3.8) is 0 Å². The maximum atomic E-state index is 12.6. The lowest BCUT2D eigenvalue weighted by atomic mass is 10.2. The molecule has 1 aromatic heterocycles. The molecule has 3 aromatic rings. The second-order valence-electron chi connectivity index (χ2n) is 6.55. The number of anilines is 1. The molecule has 0 saturated heterocycles. The number of benzene rings is 2. The number of aryl methyl sites for hydroxylation is 1. The summed E-state index contributed by atoms with van der Waals surface area (Å²) in [5.41, 5.74) is 1.73. The number of nitrogens with zero attached hydrogens (tertiary/aromatic N) is 2. The summed E-state index contributed by atoms with van der Waals surface area (Å²) in [4.78, 5) is 12.4. The van der Waals surface area contributed by atoms with Crippen LogP contribution < -0.4 is 5.32 Å². The summed E-state index contributed by atoms with van der Waals surface area (Å²) < 4.78 is 28.3. The molecule has 0 bridgehead atoms. The molecule has 148 valence electrons. The van der Waals surface area contributed by atoms with Gasteiger partial charge in [-0.3, -0.25) is 4.79 Å². The van der Waals surface area contributed by atoms with Crippen molar-refractivity contribution >= 4 is 44.1 Å². The molecule has 1 heterocycles. The molecule has 0 aliphatic rings. The van der Waals surface area contributed by atoms with Gasteiger partial charge in [0, 0.05) is 41.4 Å². The van der Waals surface area contributed by atoms with Crippen LogP contribution >= 0.6 is 11.6 Å². The van der Waals surface area contributed by atoms with Crippen LogP contribution in [0.1, 0.15) is 13.3 Å². The smallest absolute Gasteiger partial charge is 0.243 e. The Bertz CT molecular complexity index is 1090. The van der Waals surface area contributed by atoms with E-state index < -0.39 is 15.9 Å². The molecule has 0 aliphatic carbocycles. The molecule has 28 heavy (non-hydrogen) atoms. The lowest BCUT2D eigenvalue weighted by Crippen LogP contribution is -2.34. The minimum absolute atomic E-state index is 0.0888. The molecular formula is C20H22ClN3O3S. The first-order valence-corrected chi connectivity index (χ1v) is 10.7. The van der Waals surface area contributed by atoms with E-state index in [0.717, 1.165) is 28.2 Å². The van der Waals surface area contributed by atoms with Gasteiger partial charge in [0.25, 0.3) is 0 Å². The van der Waals surface area contributed by atoms with Gasteiger partial charge >= 0.3 is 0 Å². The molecule has 0 unspecified atom stereocenters. The lowest BCUT2D eigenvalue weighted by Gasteiger charge is -2.17. The summed E-state index contributed by atoms with van der Waals surface area (Å²) in [7, 11) is -2.40. The zero-order chi connectivity index (χ0) is 20.3. The number of amides is 1. The average molecular weight is 420 g/mol. The minimum Gasteiger partial charge on any atom is -0.347 e. The Morgan fingerprint density at radius 1 is 1.14 bits per heavy atom. The zero-order valence-electron chi connectivity index (χ0n) is 15.7. The Balaban J connectivity index is 1.69. The minimum atomic E-state index is -3.77. The number of carbonyl (C=O) groups is 1. The number of nitrogens with one attached hydrogen (secondary N) is 1. The monoisotopic (exact) mass is 419 g/mol. The van der Waals surface area contributed by atoms with Crippen molar-refractivity contribution in [2.24, 2.45) is 0 Å². The van der Waals surface area contributed by atoms with Crippen LogP contribution in [0.25, 0.3) is 10.9 Å². The van der Waals surface area contributed by atoms with Crippen molar-refractivity contribution in [2.45, 2.75) is 24.8 Å². The van der Waals surface area contributed by atoms with Gasteiger partial charge in [-0.15, -0.1) is 0 Å². The topological polar surface area (TPSA) is 71.4 Å². The molecule has 1 N–H and O–H groups in total. The van der Waals surface area contributed by atoms with Gasteiger partial charge in [0.05, 0.1) is 11.4 Å². The SMILES string of the molecule is CCCn1ccc2cc(NC(=O)CN(C)S(=O)(=O)c3ccc(Cl)cc3)ccc21. The number of hydrogen-bond donors (Lipinski definition) is 1. The summed E-state index contributed by atoms with van der Waals surface area (Å²) in [6, 6.07) is 13.5. The van der Waals surface area contributed by atoms with Crippen molar-refractivity contribution in [1.82, 2.24) is 8.87 Å². The highest BCUT2D eigenvalue weighted by atomic mass is 35.5. The first-order chi connectivity index (χ1) is 13.3. The quantitative estimate of drug-likeness (QED) is 0.630. The highest BCUT2D eigenvalue weighted by Gasteiger charge is 2.23. The molecule has 0 radical (unpaired) electrons. The Morgan fingerprint density at radius 3 is 2.54 bits per heavy atom. The molecule has 0 fully saturated rings. The molecule has 1 amide bonds. The van der Waals surface area contributed by atoms with E-state index in [4.69, 9.17) is 11.6 Å². The first-order valence-electron chi connectivity index (χ1n) is 8.92. The molecule has 3 rings (SSSR count). The third kappa shape index (κ3) is 4.38. The molecule has 2 aromatic carbocycles. The molecule has 0 atom stereocenters. The van der Waals surface area contributed by atoms with Crippen molar-refractivity contribution in [3.05, 3.63) is 59.8 Å². The van der Waals surface area contributed by atoms with E-state index >= 15 is 0 Å². The average Bonchev–Trinajstić information content (AvgIpc) is 3.04. The first kappa shape index (κ1) is 20.4. The van der Waals surface area contributed by atoms with E-state index in [1.165, 1.54) is 31.3 Å². The third-order valence-corrected chi connectivity index (χ3v) is 6.48. The van der Waals surface area contributed by atoms with Crippen LogP contribution in [-0.4, -0.2) is 36.8 Å². The predicted molar refractivity (Wildman–Crippen MR) is 112 cm³/mol. The van der Waals surface area contributed by atoms with Crippen molar-refractivity contribution in [3.8, 4) is 0 Å². The van der Waals surface area contributed by atoms with E-state index in [9.17, 15) is 13.2 Å². The van der Waals surface area contributed by atoms with Crippen LogP contribution in [0.3, 0.4) is 0 Å². The number of likely N-dealkylation sites (N-methyl/N-ethyl adjacent to an activating group) is 1. The van der Waals surface area contributed by atoms with E-state index in [-0.39, 0.29) is 11.4 Å². The van der Waals surface area contributed by atoms with Crippen molar-refractivity contribution in [2.75, 3.05) is 18.9 Å². The standard InChI is InChI=1S/C20H22ClN3O3S/c1-3-11-24-12-10-15-13-17(6-9-19(15)24)22-20(25)14-23(2)28(26,27)18-7-4-16(21)5-8-18/h4-10,12-13H,3,11,14H2,1-2H3,(H,22,25). The van der Waals surface area contributed by atoms with Crippen LogP contribution in [0, 0.1) is 0 Å². The van der Waals surface area contributed by atoms with Gasteiger partial charge in [-0.25, -0.2) is 8.42 Å². The number of halogens is 1. The van der Waals surface area contributed by atoms with Crippen molar-refractivity contribution < 1.29 is 13.2 Å². The summed E-state index contributed by atoms with van der Waals surface area (Å²) in [6.45, 7) is 2.76.